The van der Waals surface area contributed by atoms with Gasteiger partial charge in [0.2, 0.25) is 0 Å². The first-order valence-electron chi connectivity index (χ1n) is 6.80. The molecule has 1 atom stereocenters. The summed E-state index contributed by atoms with van der Waals surface area (Å²) in [5.74, 6) is -0.160. The summed E-state index contributed by atoms with van der Waals surface area (Å²) in [5.41, 5.74) is 6.75. The Morgan fingerprint density at radius 3 is 2.76 bits per heavy atom. The number of nitrogens with zero attached hydrogens (tertiary/aromatic N) is 2. The second-order valence-corrected chi connectivity index (χ2v) is 5.20. The summed E-state index contributed by atoms with van der Waals surface area (Å²) in [7, 11) is 0. The molecule has 1 amide bonds. The molecule has 0 aromatic heterocycles. The Labute approximate surface area is 129 Å². The standard InChI is InChI=1S/C14H19N3O3.ClH/c1-10-6-11(8-13(7-10)17(19)20)14(18)16-5-3-2-4-12(16)9-15;/h6-8,12H,2-5,9,15H2,1H3;1H. The number of non-ortho nitro benzene ring substituents is 1. The first kappa shape index (κ1) is 17.4. The molecule has 1 fully saturated rings. The van der Waals surface area contributed by atoms with Gasteiger partial charge in [0.05, 0.1) is 4.92 Å². The number of rotatable bonds is 3. The van der Waals surface area contributed by atoms with Crippen LogP contribution >= 0.6 is 12.4 Å². The topological polar surface area (TPSA) is 89.5 Å². The number of nitrogens with two attached hydrogens (primary N) is 1. The maximum absolute atomic E-state index is 12.5. The van der Waals surface area contributed by atoms with E-state index >= 15 is 0 Å². The van der Waals surface area contributed by atoms with Crippen LogP contribution in [0.15, 0.2) is 18.2 Å². The van der Waals surface area contributed by atoms with E-state index < -0.39 is 4.92 Å². The quantitative estimate of drug-likeness (QED) is 0.684. The van der Waals surface area contributed by atoms with Gasteiger partial charge in [-0.05, 0) is 37.8 Å². The van der Waals surface area contributed by atoms with Gasteiger partial charge >= 0.3 is 0 Å². The summed E-state index contributed by atoms with van der Waals surface area (Å²) in [6.07, 6.45) is 2.92. The number of nitro benzene ring substituents is 1. The van der Waals surface area contributed by atoms with Crippen molar-refractivity contribution in [3.8, 4) is 0 Å². The number of hydrogen-bond donors (Lipinski definition) is 1. The Morgan fingerprint density at radius 2 is 2.14 bits per heavy atom. The molecule has 0 saturated carbocycles. The summed E-state index contributed by atoms with van der Waals surface area (Å²) in [4.78, 5) is 24.7. The predicted octanol–water partition coefficient (Wildman–Crippen LogP) is 2.28. The summed E-state index contributed by atoms with van der Waals surface area (Å²) in [5, 5.41) is 10.9. The van der Waals surface area contributed by atoms with Gasteiger partial charge < -0.3 is 10.6 Å². The third kappa shape index (κ3) is 3.92. The fourth-order valence-electron chi connectivity index (χ4n) is 2.67. The van der Waals surface area contributed by atoms with E-state index in [2.05, 4.69) is 0 Å². The molecule has 0 spiro atoms. The number of aryl methyl sites for hydroxylation is 1. The molecular weight excluding hydrogens is 294 g/mol. The van der Waals surface area contributed by atoms with E-state index in [4.69, 9.17) is 5.73 Å². The third-order valence-electron chi connectivity index (χ3n) is 3.68. The summed E-state index contributed by atoms with van der Waals surface area (Å²) < 4.78 is 0. The van der Waals surface area contributed by atoms with Crippen molar-refractivity contribution in [2.24, 2.45) is 5.73 Å². The van der Waals surface area contributed by atoms with Crippen molar-refractivity contribution in [2.45, 2.75) is 32.2 Å². The smallest absolute Gasteiger partial charge is 0.270 e. The summed E-state index contributed by atoms with van der Waals surface area (Å²) in [6, 6.07) is 4.54. The zero-order valence-corrected chi connectivity index (χ0v) is 12.8. The number of likely N-dealkylation sites (tertiary alicyclic amines) is 1. The molecule has 0 aliphatic carbocycles. The average molecular weight is 314 g/mol. The fraction of sp³-hybridized carbons (Fsp3) is 0.500. The molecule has 0 bridgehead atoms. The second kappa shape index (κ2) is 7.38. The third-order valence-corrected chi connectivity index (χ3v) is 3.68. The van der Waals surface area contributed by atoms with Gasteiger partial charge in [0.15, 0.2) is 0 Å². The molecule has 21 heavy (non-hydrogen) atoms. The lowest BCUT2D eigenvalue weighted by molar-refractivity contribution is -0.384. The molecule has 7 heteroatoms. The zero-order valence-electron chi connectivity index (χ0n) is 11.9. The molecule has 1 saturated heterocycles. The fourth-order valence-corrected chi connectivity index (χ4v) is 2.67. The van der Waals surface area contributed by atoms with Crippen molar-refractivity contribution in [1.29, 1.82) is 0 Å². The van der Waals surface area contributed by atoms with Crippen LogP contribution in [0.1, 0.15) is 35.2 Å². The minimum Gasteiger partial charge on any atom is -0.334 e. The molecule has 0 radical (unpaired) electrons. The molecule has 2 N–H and O–H groups in total. The van der Waals surface area contributed by atoms with Crippen molar-refractivity contribution in [3.63, 3.8) is 0 Å². The lowest BCUT2D eigenvalue weighted by atomic mass is 10.00. The monoisotopic (exact) mass is 313 g/mol. The number of amides is 1. The SMILES string of the molecule is Cc1cc(C(=O)N2CCCCC2CN)cc([N+](=O)[O-])c1.Cl. The number of carbonyl (C=O) groups excluding carboxylic acids is 1. The van der Waals surface area contributed by atoms with Crippen LogP contribution in [0.3, 0.4) is 0 Å². The van der Waals surface area contributed by atoms with Crippen molar-refractivity contribution in [2.75, 3.05) is 13.1 Å². The lowest BCUT2D eigenvalue weighted by Gasteiger charge is -2.35. The van der Waals surface area contributed by atoms with Crippen molar-refractivity contribution in [1.82, 2.24) is 4.90 Å². The second-order valence-electron chi connectivity index (χ2n) is 5.20. The van der Waals surface area contributed by atoms with E-state index in [1.54, 1.807) is 17.9 Å². The molecule has 2 rings (SSSR count). The van der Waals surface area contributed by atoms with Gasteiger partial charge in [0.25, 0.3) is 11.6 Å². The highest BCUT2D eigenvalue weighted by Gasteiger charge is 2.27. The zero-order chi connectivity index (χ0) is 14.7. The van der Waals surface area contributed by atoms with Crippen LogP contribution in [0.5, 0.6) is 0 Å². The molecule has 1 heterocycles. The minimum absolute atomic E-state index is 0. The van der Waals surface area contributed by atoms with E-state index in [1.807, 2.05) is 0 Å². The Kier molecular flexibility index (Phi) is 6.11. The van der Waals surface area contributed by atoms with Gasteiger partial charge in [-0.25, -0.2) is 0 Å². The van der Waals surface area contributed by atoms with Crippen LogP contribution in [0.25, 0.3) is 0 Å². The Bertz CT molecular complexity index is 536. The predicted molar refractivity (Wildman–Crippen MR) is 82.8 cm³/mol. The molecule has 1 aliphatic rings. The largest absolute Gasteiger partial charge is 0.334 e. The Balaban J connectivity index is 0.00000220. The van der Waals surface area contributed by atoms with Crippen LogP contribution in [-0.4, -0.2) is 34.9 Å². The summed E-state index contributed by atoms with van der Waals surface area (Å²) in [6.45, 7) is 2.85. The molecule has 116 valence electrons. The number of piperidine rings is 1. The maximum atomic E-state index is 12.5. The van der Waals surface area contributed by atoms with Gasteiger partial charge in [-0.3, -0.25) is 14.9 Å². The molecular formula is C14H20ClN3O3. The van der Waals surface area contributed by atoms with Crippen LogP contribution in [0.2, 0.25) is 0 Å². The van der Waals surface area contributed by atoms with Gasteiger partial charge in [-0.1, -0.05) is 0 Å². The number of hydrogen-bond acceptors (Lipinski definition) is 4. The summed E-state index contributed by atoms with van der Waals surface area (Å²) >= 11 is 0. The first-order chi connectivity index (χ1) is 9.52. The Hall–Kier alpha value is -1.66. The average Bonchev–Trinajstić information content (AvgIpc) is 2.45. The molecule has 1 aliphatic heterocycles. The highest BCUT2D eigenvalue weighted by atomic mass is 35.5. The molecule has 1 unspecified atom stereocenters. The maximum Gasteiger partial charge on any atom is 0.270 e. The highest BCUT2D eigenvalue weighted by Crippen LogP contribution is 2.22. The highest BCUT2D eigenvalue weighted by molar-refractivity contribution is 5.95. The molecule has 1 aromatic rings. The first-order valence-corrected chi connectivity index (χ1v) is 6.80. The molecule has 6 nitrogen and oxygen atoms in total. The van der Waals surface area contributed by atoms with Gasteiger partial charge in [0, 0.05) is 36.8 Å². The van der Waals surface area contributed by atoms with E-state index in [9.17, 15) is 14.9 Å². The number of benzene rings is 1. The number of carbonyl (C=O) groups is 1. The lowest BCUT2D eigenvalue weighted by Crippen LogP contribution is -2.47. The van der Waals surface area contributed by atoms with Crippen LogP contribution in [0.4, 0.5) is 5.69 Å². The van der Waals surface area contributed by atoms with Crippen molar-refractivity contribution in [3.05, 3.63) is 39.4 Å². The minimum atomic E-state index is -0.472. The van der Waals surface area contributed by atoms with Crippen molar-refractivity contribution < 1.29 is 9.72 Å². The van der Waals surface area contributed by atoms with Crippen molar-refractivity contribution >= 4 is 24.0 Å². The van der Waals surface area contributed by atoms with E-state index in [-0.39, 0.29) is 30.0 Å². The molecule has 1 aromatic carbocycles. The number of nitro groups is 1. The van der Waals surface area contributed by atoms with E-state index in [0.29, 0.717) is 24.2 Å². The van der Waals surface area contributed by atoms with Gasteiger partial charge in [-0.2, -0.15) is 0 Å². The normalized spacial score (nSPS) is 18.0. The van der Waals surface area contributed by atoms with Crippen LogP contribution < -0.4 is 5.73 Å². The number of halogens is 1. The van der Waals surface area contributed by atoms with E-state index in [1.165, 1.54) is 12.1 Å². The van der Waals surface area contributed by atoms with Gasteiger partial charge in [0.1, 0.15) is 0 Å². The van der Waals surface area contributed by atoms with Crippen LogP contribution in [0, 0.1) is 17.0 Å². The van der Waals surface area contributed by atoms with Gasteiger partial charge in [-0.15, -0.1) is 12.4 Å². The van der Waals surface area contributed by atoms with Crippen LogP contribution in [-0.2, 0) is 0 Å². The Morgan fingerprint density at radius 1 is 1.43 bits per heavy atom. The van der Waals surface area contributed by atoms with E-state index in [0.717, 1.165) is 19.3 Å².